The fourth-order valence-electron chi connectivity index (χ4n) is 2.64. The first-order chi connectivity index (χ1) is 9.93. The Morgan fingerprint density at radius 1 is 0.700 bits per heavy atom. The molecule has 0 aliphatic rings. The molecule has 2 heterocycles. The van der Waals surface area contributed by atoms with Crippen LogP contribution in [0.5, 0.6) is 0 Å². The van der Waals surface area contributed by atoms with Gasteiger partial charge in [-0.15, -0.1) is 0 Å². The summed E-state index contributed by atoms with van der Waals surface area (Å²) in [6, 6.07) is 20.5. The molecule has 20 heavy (non-hydrogen) atoms. The molecule has 94 valence electrons. The van der Waals surface area contributed by atoms with Gasteiger partial charge in [0.15, 0.2) is 0 Å². The predicted octanol–water partition coefficient (Wildman–Crippen LogP) is 4.45. The van der Waals surface area contributed by atoms with Crippen molar-refractivity contribution in [3.63, 3.8) is 0 Å². The van der Waals surface area contributed by atoms with Gasteiger partial charge >= 0.3 is 0 Å². The maximum absolute atomic E-state index is 4.57. The van der Waals surface area contributed by atoms with E-state index in [1.807, 2.05) is 48.8 Å². The van der Waals surface area contributed by atoms with E-state index in [1.165, 1.54) is 10.8 Å². The Bertz CT molecular complexity index is 899. The third-order valence-corrected chi connectivity index (χ3v) is 3.56. The van der Waals surface area contributed by atoms with Crippen LogP contribution in [0, 0.1) is 0 Å². The normalized spacial score (nSPS) is 11.0. The molecule has 0 saturated carbocycles. The molecule has 0 radical (unpaired) electrons. The smallest absolute Gasteiger partial charge is 0.0715 e. The largest absolute Gasteiger partial charge is 0.256 e. The maximum Gasteiger partial charge on any atom is 0.0715 e. The molecular formula is C18H12N2. The van der Waals surface area contributed by atoms with Gasteiger partial charge in [-0.2, -0.15) is 0 Å². The Balaban J connectivity index is 2.19. The molecule has 0 spiro atoms. The topological polar surface area (TPSA) is 25.8 Å². The van der Waals surface area contributed by atoms with Crippen LogP contribution in [-0.2, 0) is 0 Å². The van der Waals surface area contributed by atoms with Crippen LogP contribution in [0.3, 0.4) is 0 Å². The van der Waals surface area contributed by atoms with Gasteiger partial charge in [0.2, 0.25) is 0 Å². The van der Waals surface area contributed by atoms with Gasteiger partial charge in [0.25, 0.3) is 0 Å². The Kier molecular flexibility index (Phi) is 2.46. The molecular weight excluding hydrogens is 244 g/mol. The number of aromatic nitrogens is 2. The van der Waals surface area contributed by atoms with Crippen LogP contribution in [0.2, 0.25) is 0 Å². The van der Waals surface area contributed by atoms with Crippen LogP contribution in [0.25, 0.3) is 32.9 Å². The molecule has 0 aliphatic heterocycles. The molecule has 2 aromatic carbocycles. The van der Waals surface area contributed by atoms with Gasteiger partial charge in [-0.3, -0.25) is 9.97 Å². The van der Waals surface area contributed by atoms with Gasteiger partial charge in [-0.05, 0) is 23.6 Å². The minimum Gasteiger partial charge on any atom is -0.256 e. The predicted molar refractivity (Wildman–Crippen MR) is 82.5 cm³/mol. The summed E-state index contributed by atoms with van der Waals surface area (Å²) < 4.78 is 0. The first kappa shape index (κ1) is 11.1. The van der Waals surface area contributed by atoms with Gasteiger partial charge in [0, 0.05) is 28.7 Å². The molecule has 0 N–H and O–H groups in total. The second-order valence-corrected chi connectivity index (χ2v) is 4.76. The van der Waals surface area contributed by atoms with Crippen LogP contribution >= 0.6 is 0 Å². The summed E-state index contributed by atoms with van der Waals surface area (Å²) in [4.78, 5) is 9.05. The highest BCUT2D eigenvalue weighted by Crippen LogP contribution is 2.31. The summed E-state index contributed by atoms with van der Waals surface area (Å²) in [7, 11) is 0. The van der Waals surface area contributed by atoms with Crippen LogP contribution in [0.1, 0.15) is 0 Å². The molecule has 0 bridgehead atoms. The fraction of sp³-hybridized carbons (Fsp3) is 0. The quantitative estimate of drug-likeness (QED) is 0.470. The van der Waals surface area contributed by atoms with Crippen LogP contribution < -0.4 is 0 Å². The minimum atomic E-state index is 0.983. The minimum absolute atomic E-state index is 0.983. The molecule has 2 aromatic heterocycles. The molecule has 0 aliphatic carbocycles. The zero-order valence-electron chi connectivity index (χ0n) is 10.8. The van der Waals surface area contributed by atoms with E-state index in [0.717, 1.165) is 22.2 Å². The molecule has 2 heteroatoms. The molecule has 2 nitrogen and oxygen atoms in total. The van der Waals surface area contributed by atoms with Crippen molar-refractivity contribution in [3.8, 4) is 11.3 Å². The summed E-state index contributed by atoms with van der Waals surface area (Å²) in [6.07, 6.45) is 3.76. The van der Waals surface area contributed by atoms with Crippen molar-refractivity contribution in [1.82, 2.24) is 9.97 Å². The van der Waals surface area contributed by atoms with E-state index in [2.05, 4.69) is 34.2 Å². The Morgan fingerprint density at radius 3 is 2.50 bits per heavy atom. The summed E-state index contributed by atoms with van der Waals surface area (Å²) in [5.41, 5.74) is 3.12. The Hall–Kier alpha value is -2.74. The van der Waals surface area contributed by atoms with Gasteiger partial charge in [0.05, 0.1) is 11.2 Å². The highest BCUT2D eigenvalue weighted by Gasteiger charge is 2.08. The average molecular weight is 256 g/mol. The van der Waals surface area contributed by atoms with Crippen molar-refractivity contribution in [2.45, 2.75) is 0 Å². The lowest BCUT2D eigenvalue weighted by molar-refractivity contribution is 1.33. The number of hydrogen-bond donors (Lipinski definition) is 0. The maximum atomic E-state index is 4.57. The molecule has 0 fully saturated rings. The third-order valence-electron chi connectivity index (χ3n) is 3.56. The first-order valence-corrected chi connectivity index (χ1v) is 6.61. The van der Waals surface area contributed by atoms with E-state index in [0.29, 0.717) is 0 Å². The highest BCUT2D eigenvalue weighted by atomic mass is 14.7. The number of hydrogen-bond acceptors (Lipinski definition) is 2. The van der Waals surface area contributed by atoms with Crippen molar-refractivity contribution < 1.29 is 0 Å². The number of benzene rings is 2. The third kappa shape index (κ3) is 1.66. The number of rotatable bonds is 1. The van der Waals surface area contributed by atoms with Crippen molar-refractivity contribution >= 4 is 21.7 Å². The SMILES string of the molecule is c1ccc(-c2cccc3ncc4ccccc4c23)nc1. The number of fused-ring (bicyclic) bond motifs is 3. The van der Waals surface area contributed by atoms with E-state index >= 15 is 0 Å². The van der Waals surface area contributed by atoms with Crippen molar-refractivity contribution in [1.29, 1.82) is 0 Å². The zero-order chi connectivity index (χ0) is 13.4. The lowest BCUT2D eigenvalue weighted by Gasteiger charge is -2.08. The second-order valence-electron chi connectivity index (χ2n) is 4.76. The van der Waals surface area contributed by atoms with E-state index < -0.39 is 0 Å². The molecule has 0 saturated heterocycles. The van der Waals surface area contributed by atoms with Gasteiger partial charge in [-0.1, -0.05) is 42.5 Å². The molecule has 4 rings (SSSR count). The van der Waals surface area contributed by atoms with E-state index in [-0.39, 0.29) is 0 Å². The standard InChI is InChI=1S/C18H12N2/c1-2-7-14-13(6-1)12-20-17-10-5-8-15(18(14)17)16-9-3-4-11-19-16/h1-12H. The monoisotopic (exact) mass is 256 g/mol. The van der Waals surface area contributed by atoms with Gasteiger partial charge in [-0.25, -0.2) is 0 Å². The second kappa shape index (κ2) is 4.42. The molecule has 4 aromatic rings. The lowest BCUT2D eigenvalue weighted by atomic mass is 9.99. The molecule has 0 atom stereocenters. The summed E-state index contributed by atoms with van der Waals surface area (Å²) in [6.45, 7) is 0. The van der Waals surface area contributed by atoms with Crippen LogP contribution in [0.4, 0.5) is 0 Å². The van der Waals surface area contributed by atoms with E-state index in [1.54, 1.807) is 0 Å². The molecule has 0 amide bonds. The summed E-state index contributed by atoms with van der Waals surface area (Å²) in [5.74, 6) is 0. The van der Waals surface area contributed by atoms with Crippen molar-refractivity contribution in [2.24, 2.45) is 0 Å². The fourth-order valence-corrected chi connectivity index (χ4v) is 2.64. The lowest BCUT2D eigenvalue weighted by Crippen LogP contribution is -1.88. The van der Waals surface area contributed by atoms with E-state index in [9.17, 15) is 0 Å². The van der Waals surface area contributed by atoms with Gasteiger partial charge < -0.3 is 0 Å². The zero-order valence-corrected chi connectivity index (χ0v) is 10.8. The summed E-state index contributed by atoms with van der Waals surface area (Å²) in [5, 5.41) is 3.55. The van der Waals surface area contributed by atoms with E-state index in [4.69, 9.17) is 0 Å². The number of pyridine rings is 2. The average Bonchev–Trinajstić information content (AvgIpc) is 2.55. The Morgan fingerprint density at radius 2 is 1.60 bits per heavy atom. The first-order valence-electron chi connectivity index (χ1n) is 6.61. The van der Waals surface area contributed by atoms with Crippen molar-refractivity contribution in [2.75, 3.05) is 0 Å². The van der Waals surface area contributed by atoms with Crippen LogP contribution in [0.15, 0.2) is 73.1 Å². The highest BCUT2D eigenvalue weighted by molar-refractivity contribution is 6.12. The summed E-state index contributed by atoms with van der Waals surface area (Å²) >= 11 is 0. The molecule has 0 unspecified atom stereocenters. The number of nitrogens with zero attached hydrogens (tertiary/aromatic N) is 2. The van der Waals surface area contributed by atoms with Crippen molar-refractivity contribution in [3.05, 3.63) is 73.1 Å². The van der Waals surface area contributed by atoms with Crippen LogP contribution in [-0.4, -0.2) is 9.97 Å². The Labute approximate surface area is 116 Å². The van der Waals surface area contributed by atoms with Gasteiger partial charge in [0.1, 0.15) is 0 Å².